The molecule has 6 heteroatoms. The number of anilines is 3. The summed E-state index contributed by atoms with van der Waals surface area (Å²) in [6, 6.07) is 8.58. The minimum Gasteiger partial charge on any atom is -0.459 e. The van der Waals surface area contributed by atoms with Gasteiger partial charge in [0.05, 0.1) is 12.0 Å². The molecular formula is C19H19N5O. The van der Waals surface area contributed by atoms with Gasteiger partial charge in [-0.2, -0.15) is 4.98 Å². The fourth-order valence-corrected chi connectivity index (χ4v) is 3.25. The van der Waals surface area contributed by atoms with E-state index in [1.54, 1.807) is 6.26 Å². The van der Waals surface area contributed by atoms with E-state index in [1.165, 1.54) is 24.8 Å². The second-order valence-corrected chi connectivity index (χ2v) is 6.62. The summed E-state index contributed by atoms with van der Waals surface area (Å²) >= 11 is 0. The van der Waals surface area contributed by atoms with Crippen molar-refractivity contribution in [1.82, 2.24) is 9.97 Å². The lowest BCUT2D eigenvalue weighted by Gasteiger charge is -2.26. The zero-order chi connectivity index (χ0) is 16.6. The fraction of sp³-hybridized carbons (Fsp3) is 0.316. The number of aliphatic imine (C=N–C) groups is 1. The smallest absolute Gasteiger partial charge is 0.229 e. The summed E-state index contributed by atoms with van der Waals surface area (Å²) < 4.78 is 5.56. The van der Waals surface area contributed by atoms with Gasteiger partial charge in [0, 0.05) is 24.0 Å². The average molecular weight is 333 g/mol. The standard InChI is InChI=1S/C19H19N5O/c1-4-13(5-1)21-18-17-15(8-10-25-17)23-19(24-18)22-14-7-6-12-3-2-9-20-16(12)11-14/h6-11,13H,1-5H2,(H2,21,22,23,24). The Morgan fingerprint density at radius 1 is 1.12 bits per heavy atom. The molecule has 2 N–H and O–H groups in total. The van der Waals surface area contributed by atoms with E-state index in [-0.39, 0.29) is 0 Å². The Morgan fingerprint density at radius 3 is 2.96 bits per heavy atom. The Labute approximate surface area is 145 Å². The number of hydrogen-bond donors (Lipinski definition) is 2. The average Bonchev–Trinajstić information content (AvgIpc) is 3.06. The van der Waals surface area contributed by atoms with Crippen LogP contribution in [0.3, 0.4) is 0 Å². The number of rotatable bonds is 4. The lowest BCUT2D eigenvalue weighted by Crippen LogP contribution is -2.27. The highest BCUT2D eigenvalue weighted by Crippen LogP contribution is 2.31. The Bertz CT molecular complexity index is 958. The molecule has 0 atom stereocenters. The molecule has 1 aliphatic carbocycles. The molecular weight excluding hydrogens is 314 g/mol. The van der Waals surface area contributed by atoms with Crippen LogP contribution in [0.1, 0.15) is 31.2 Å². The molecule has 6 nitrogen and oxygen atoms in total. The maximum atomic E-state index is 5.56. The van der Waals surface area contributed by atoms with Gasteiger partial charge < -0.3 is 15.1 Å². The number of hydrogen-bond acceptors (Lipinski definition) is 6. The number of benzene rings is 1. The fourth-order valence-electron chi connectivity index (χ4n) is 3.25. The quantitative estimate of drug-likeness (QED) is 0.731. The second kappa shape index (κ2) is 5.88. The van der Waals surface area contributed by atoms with Gasteiger partial charge in [-0.15, -0.1) is 0 Å². The predicted octanol–water partition coefficient (Wildman–Crippen LogP) is 4.58. The molecule has 2 aromatic heterocycles. The molecule has 3 aromatic rings. The third-order valence-electron chi connectivity index (χ3n) is 4.86. The van der Waals surface area contributed by atoms with Gasteiger partial charge in [0.1, 0.15) is 5.52 Å². The first-order valence-corrected chi connectivity index (χ1v) is 8.79. The van der Waals surface area contributed by atoms with Gasteiger partial charge in [0.15, 0.2) is 11.4 Å². The second-order valence-electron chi connectivity index (χ2n) is 6.62. The van der Waals surface area contributed by atoms with Crippen LogP contribution in [-0.2, 0) is 6.42 Å². The highest BCUT2D eigenvalue weighted by atomic mass is 16.3. The number of nitrogens with one attached hydrogen (secondary N) is 2. The van der Waals surface area contributed by atoms with Crippen molar-refractivity contribution in [3.63, 3.8) is 0 Å². The van der Waals surface area contributed by atoms with E-state index in [0.717, 1.165) is 35.6 Å². The van der Waals surface area contributed by atoms with Gasteiger partial charge in [-0.3, -0.25) is 4.99 Å². The Morgan fingerprint density at radius 2 is 2.08 bits per heavy atom. The van der Waals surface area contributed by atoms with Gasteiger partial charge in [0.2, 0.25) is 5.95 Å². The van der Waals surface area contributed by atoms with Crippen LogP contribution >= 0.6 is 0 Å². The molecule has 1 fully saturated rings. The van der Waals surface area contributed by atoms with Crippen molar-refractivity contribution in [2.75, 3.05) is 10.6 Å². The third-order valence-corrected chi connectivity index (χ3v) is 4.86. The molecule has 0 radical (unpaired) electrons. The normalized spacial score (nSPS) is 16.5. The van der Waals surface area contributed by atoms with Crippen LogP contribution < -0.4 is 10.6 Å². The molecule has 5 rings (SSSR count). The molecule has 0 amide bonds. The number of aryl methyl sites for hydroxylation is 1. The summed E-state index contributed by atoms with van der Waals surface area (Å²) in [4.78, 5) is 13.7. The number of fused-ring (bicyclic) bond motifs is 2. The van der Waals surface area contributed by atoms with Crippen LogP contribution in [0.4, 0.5) is 23.1 Å². The van der Waals surface area contributed by atoms with Gasteiger partial charge in [-0.05, 0) is 49.8 Å². The molecule has 1 aromatic carbocycles. The van der Waals surface area contributed by atoms with Crippen molar-refractivity contribution >= 4 is 40.5 Å². The largest absolute Gasteiger partial charge is 0.459 e. The van der Waals surface area contributed by atoms with E-state index in [1.807, 2.05) is 18.3 Å². The van der Waals surface area contributed by atoms with E-state index in [2.05, 4.69) is 37.7 Å². The summed E-state index contributed by atoms with van der Waals surface area (Å²) in [6.45, 7) is 0. The van der Waals surface area contributed by atoms with Crippen molar-refractivity contribution in [2.45, 2.75) is 38.1 Å². The minimum atomic E-state index is 0.481. The van der Waals surface area contributed by atoms with E-state index in [0.29, 0.717) is 17.6 Å². The SMILES string of the molecule is C1=Nc2cc(Nc3nc(NC4CCC4)c4occc4n3)ccc2CC1. The summed E-state index contributed by atoms with van der Waals surface area (Å²) in [7, 11) is 0. The molecule has 126 valence electrons. The molecule has 3 heterocycles. The molecule has 1 aliphatic heterocycles. The van der Waals surface area contributed by atoms with Crippen LogP contribution in [0.15, 0.2) is 39.9 Å². The van der Waals surface area contributed by atoms with Gasteiger partial charge in [-0.1, -0.05) is 6.07 Å². The van der Waals surface area contributed by atoms with Crippen LogP contribution in [0, 0.1) is 0 Å². The Balaban J connectivity index is 1.47. The van der Waals surface area contributed by atoms with Gasteiger partial charge in [-0.25, -0.2) is 4.98 Å². The highest BCUT2D eigenvalue weighted by Gasteiger charge is 2.20. The van der Waals surface area contributed by atoms with Crippen molar-refractivity contribution < 1.29 is 4.42 Å². The molecule has 0 unspecified atom stereocenters. The Hall–Kier alpha value is -2.89. The lowest BCUT2D eigenvalue weighted by atomic mass is 9.93. The highest BCUT2D eigenvalue weighted by molar-refractivity contribution is 5.85. The summed E-state index contributed by atoms with van der Waals surface area (Å²) in [5, 5.41) is 6.78. The minimum absolute atomic E-state index is 0.481. The molecule has 0 saturated heterocycles. The zero-order valence-electron chi connectivity index (χ0n) is 13.8. The number of furan rings is 1. The van der Waals surface area contributed by atoms with Crippen LogP contribution in [0.2, 0.25) is 0 Å². The first-order valence-electron chi connectivity index (χ1n) is 8.79. The Kier molecular flexibility index (Phi) is 3.40. The molecule has 1 saturated carbocycles. The van der Waals surface area contributed by atoms with Crippen molar-refractivity contribution in [3.05, 3.63) is 36.1 Å². The van der Waals surface area contributed by atoms with Crippen molar-refractivity contribution in [1.29, 1.82) is 0 Å². The maximum absolute atomic E-state index is 5.56. The van der Waals surface area contributed by atoms with Gasteiger partial charge in [0.25, 0.3) is 0 Å². The lowest BCUT2D eigenvalue weighted by molar-refractivity contribution is 0.444. The van der Waals surface area contributed by atoms with Crippen molar-refractivity contribution in [2.24, 2.45) is 4.99 Å². The summed E-state index contributed by atoms with van der Waals surface area (Å²) in [5.74, 6) is 1.33. The first-order chi connectivity index (χ1) is 12.3. The van der Waals surface area contributed by atoms with E-state index in [4.69, 9.17) is 4.42 Å². The van der Waals surface area contributed by atoms with Crippen LogP contribution in [0.5, 0.6) is 0 Å². The molecule has 25 heavy (non-hydrogen) atoms. The summed E-state index contributed by atoms with van der Waals surface area (Å²) in [6.07, 6.45) is 9.31. The van der Waals surface area contributed by atoms with E-state index < -0.39 is 0 Å². The van der Waals surface area contributed by atoms with Crippen molar-refractivity contribution in [3.8, 4) is 0 Å². The molecule has 0 bridgehead atoms. The van der Waals surface area contributed by atoms with Crippen LogP contribution in [0.25, 0.3) is 11.1 Å². The number of nitrogens with zero attached hydrogens (tertiary/aromatic N) is 3. The summed E-state index contributed by atoms with van der Waals surface area (Å²) in [5.41, 5.74) is 4.76. The first kappa shape index (κ1) is 14.5. The number of aromatic nitrogens is 2. The van der Waals surface area contributed by atoms with Gasteiger partial charge >= 0.3 is 0 Å². The van der Waals surface area contributed by atoms with E-state index in [9.17, 15) is 0 Å². The monoisotopic (exact) mass is 333 g/mol. The third kappa shape index (κ3) is 2.73. The van der Waals surface area contributed by atoms with E-state index >= 15 is 0 Å². The molecule has 0 spiro atoms. The van der Waals surface area contributed by atoms with Crippen LogP contribution in [-0.4, -0.2) is 22.2 Å². The molecule has 2 aliphatic rings. The maximum Gasteiger partial charge on any atom is 0.229 e. The topological polar surface area (TPSA) is 75.3 Å². The zero-order valence-corrected chi connectivity index (χ0v) is 13.8. The predicted molar refractivity (Wildman–Crippen MR) is 99.3 cm³/mol.